The van der Waals surface area contributed by atoms with Crippen LogP contribution in [-0.4, -0.2) is 53.2 Å². The molecule has 1 aromatic rings. The molecule has 2 rings (SSSR count). The van der Waals surface area contributed by atoms with Gasteiger partial charge in [0.2, 0.25) is 11.8 Å². The minimum Gasteiger partial charge on any atom is -0.408 e. The van der Waals surface area contributed by atoms with Crippen molar-refractivity contribution in [1.29, 1.82) is 0 Å². The Bertz CT molecular complexity index is 428. The van der Waals surface area contributed by atoms with Gasteiger partial charge in [-0.2, -0.15) is 0 Å². The van der Waals surface area contributed by atoms with Crippen molar-refractivity contribution in [2.45, 2.75) is 32.7 Å². The van der Waals surface area contributed by atoms with Crippen molar-refractivity contribution in [1.82, 2.24) is 20.4 Å². The highest BCUT2D eigenvalue weighted by Crippen LogP contribution is 2.14. The lowest BCUT2D eigenvalue weighted by atomic mass is 10.1. The highest BCUT2D eigenvalue weighted by molar-refractivity contribution is 5.90. The SMILES string of the molecule is CCN(CC(=O)Nc1nnc(C(C)C)o1)C1CNC1. The number of rotatable bonds is 6. The highest BCUT2D eigenvalue weighted by atomic mass is 16.4. The Hall–Kier alpha value is -1.47. The van der Waals surface area contributed by atoms with Gasteiger partial charge in [-0.1, -0.05) is 25.9 Å². The largest absolute Gasteiger partial charge is 0.408 e. The fraction of sp³-hybridized carbons (Fsp3) is 0.750. The van der Waals surface area contributed by atoms with Crippen molar-refractivity contribution in [2.75, 3.05) is 31.5 Å². The third-order valence-corrected chi connectivity index (χ3v) is 3.21. The number of amides is 1. The molecule has 106 valence electrons. The molecular formula is C12H21N5O2. The first-order valence-corrected chi connectivity index (χ1v) is 6.68. The predicted molar refractivity (Wildman–Crippen MR) is 70.9 cm³/mol. The number of aromatic nitrogens is 2. The molecule has 1 aliphatic heterocycles. The van der Waals surface area contributed by atoms with Crippen LogP contribution in [0.2, 0.25) is 0 Å². The van der Waals surface area contributed by atoms with Crippen LogP contribution in [0.5, 0.6) is 0 Å². The number of hydrogen-bond acceptors (Lipinski definition) is 6. The van der Waals surface area contributed by atoms with Crippen molar-refractivity contribution in [2.24, 2.45) is 0 Å². The van der Waals surface area contributed by atoms with E-state index in [0.29, 0.717) is 18.5 Å². The van der Waals surface area contributed by atoms with Crippen LogP contribution >= 0.6 is 0 Å². The van der Waals surface area contributed by atoms with Crippen LogP contribution < -0.4 is 10.6 Å². The second-order valence-corrected chi connectivity index (χ2v) is 5.02. The Kier molecular flexibility index (Phi) is 4.49. The van der Waals surface area contributed by atoms with Gasteiger partial charge in [-0.3, -0.25) is 15.0 Å². The van der Waals surface area contributed by atoms with Crippen molar-refractivity contribution in [3.8, 4) is 0 Å². The first kappa shape index (κ1) is 14.0. The second-order valence-electron chi connectivity index (χ2n) is 5.02. The Morgan fingerprint density at radius 2 is 2.26 bits per heavy atom. The van der Waals surface area contributed by atoms with Gasteiger partial charge >= 0.3 is 6.01 Å². The molecule has 1 saturated heterocycles. The highest BCUT2D eigenvalue weighted by Gasteiger charge is 2.25. The molecule has 0 unspecified atom stereocenters. The van der Waals surface area contributed by atoms with Crippen LogP contribution in [0.4, 0.5) is 6.01 Å². The fourth-order valence-corrected chi connectivity index (χ4v) is 1.89. The van der Waals surface area contributed by atoms with Gasteiger partial charge in [0.25, 0.3) is 0 Å². The van der Waals surface area contributed by atoms with Crippen LogP contribution in [0.25, 0.3) is 0 Å². The molecule has 0 radical (unpaired) electrons. The summed E-state index contributed by atoms with van der Waals surface area (Å²) >= 11 is 0. The zero-order valence-corrected chi connectivity index (χ0v) is 11.6. The molecule has 0 saturated carbocycles. The van der Waals surface area contributed by atoms with Crippen molar-refractivity contribution < 1.29 is 9.21 Å². The van der Waals surface area contributed by atoms with Crippen LogP contribution in [0.15, 0.2) is 4.42 Å². The zero-order chi connectivity index (χ0) is 13.8. The molecule has 2 N–H and O–H groups in total. The van der Waals surface area contributed by atoms with Crippen LogP contribution in [0, 0.1) is 0 Å². The minimum absolute atomic E-state index is 0.118. The third kappa shape index (κ3) is 3.51. The van der Waals surface area contributed by atoms with Gasteiger partial charge in [-0.15, -0.1) is 5.10 Å². The van der Waals surface area contributed by atoms with Gasteiger partial charge in [0.1, 0.15) is 0 Å². The quantitative estimate of drug-likeness (QED) is 0.777. The molecule has 2 heterocycles. The first-order valence-electron chi connectivity index (χ1n) is 6.68. The third-order valence-electron chi connectivity index (χ3n) is 3.21. The number of nitrogens with one attached hydrogen (secondary N) is 2. The van der Waals surface area contributed by atoms with E-state index in [1.165, 1.54) is 0 Å². The minimum atomic E-state index is -0.118. The van der Waals surface area contributed by atoms with E-state index in [4.69, 9.17) is 4.42 Å². The predicted octanol–water partition coefficient (Wildman–Crippen LogP) is 0.425. The standard InChI is InChI=1S/C12H21N5O2/c1-4-17(9-5-13-6-9)7-10(18)14-12-16-15-11(19-12)8(2)3/h8-9,13H,4-7H2,1-3H3,(H,14,16,18). The van der Waals surface area contributed by atoms with Gasteiger partial charge in [0, 0.05) is 25.0 Å². The molecule has 1 aliphatic rings. The average molecular weight is 267 g/mol. The van der Waals surface area contributed by atoms with Gasteiger partial charge < -0.3 is 9.73 Å². The number of carbonyl (C=O) groups excluding carboxylic acids is 1. The molecule has 1 fully saturated rings. The van der Waals surface area contributed by atoms with E-state index in [9.17, 15) is 4.79 Å². The maximum atomic E-state index is 11.9. The molecule has 1 amide bonds. The smallest absolute Gasteiger partial charge is 0.322 e. The second kappa shape index (κ2) is 6.12. The Morgan fingerprint density at radius 3 is 2.74 bits per heavy atom. The van der Waals surface area contributed by atoms with Crippen LogP contribution in [0.1, 0.15) is 32.6 Å². The van der Waals surface area contributed by atoms with Crippen molar-refractivity contribution in [3.05, 3.63) is 5.89 Å². The Morgan fingerprint density at radius 1 is 1.53 bits per heavy atom. The normalized spacial score (nSPS) is 15.8. The monoisotopic (exact) mass is 267 g/mol. The number of carbonyl (C=O) groups is 1. The van der Waals surface area contributed by atoms with Gasteiger partial charge in [0.05, 0.1) is 6.54 Å². The number of nitrogens with zero attached hydrogens (tertiary/aromatic N) is 3. The lowest BCUT2D eigenvalue weighted by Gasteiger charge is -2.36. The van der Waals surface area contributed by atoms with Crippen LogP contribution in [0.3, 0.4) is 0 Å². The molecule has 0 aromatic carbocycles. The summed E-state index contributed by atoms with van der Waals surface area (Å²) < 4.78 is 5.35. The van der Waals surface area contributed by atoms with E-state index in [-0.39, 0.29) is 17.8 Å². The molecule has 0 aliphatic carbocycles. The van der Waals surface area contributed by atoms with E-state index in [2.05, 4.69) is 32.7 Å². The first-order chi connectivity index (χ1) is 9.10. The summed E-state index contributed by atoms with van der Waals surface area (Å²) in [5.74, 6) is 0.574. The fourth-order valence-electron chi connectivity index (χ4n) is 1.89. The lowest BCUT2D eigenvalue weighted by molar-refractivity contribution is -0.118. The molecule has 7 nitrogen and oxygen atoms in total. The van der Waals surface area contributed by atoms with E-state index < -0.39 is 0 Å². The van der Waals surface area contributed by atoms with Crippen molar-refractivity contribution >= 4 is 11.9 Å². The summed E-state index contributed by atoms with van der Waals surface area (Å²) in [7, 11) is 0. The topological polar surface area (TPSA) is 83.3 Å². The molecule has 1 aromatic heterocycles. The molecule has 19 heavy (non-hydrogen) atoms. The zero-order valence-electron chi connectivity index (χ0n) is 11.6. The van der Waals surface area contributed by atoms with Gasteiger partial charge in [-0.05, 0) is 6.54 Å². The summed E-state index contributed by atoms with van der Waals surface area (Å²) in [6.45, 7) is 9.06. The summed E-state index contributed by atoms with van der Waals surface area (Å²) in [5, 5.41) is 13.5. The Balaban J connectivity index is 1.85. The Labute approximate surface area is 112 Å². The molecule has 0 bridgehead atoms. The molecule has 0 atom stereocenters. The summed E-state index contributed by atoms with van der Waals surface area (Å²) in [6.07, 6.45) is 0. The number of likely N-dealkylation sites (N-methyl/N-ethyl adjacent to an activating group) is 1. The summed E-state index contributed by atoms with van der Waals surface area (Å²) in [4.78, 5) is 14.0. The lowest BCUT2D eigenvalue weighted by Crippen LogP contribution is -2.58. The summed E-state index contributed by atoms with van der Waals surface area (Å²) in [6, 6.07) is 0.626. The van der Waals surface area contributed by atoms with E-state index in [1.54, 1.807) is 0 Å². The maximum Gasteiger partial charge on any atom is 0.322 e. The van der Waals surface area contributed by atoms with Crippen molar-refractivity contribution in [3.63, 3.8) is 0 Å². The van der Waals surface area contributed by atoms with E-state index >= 15 is 0 Å². The number of anilines is 1. The summed E-state index contributed by atoms with van der Waals surface area (Å²) in [5.41, 5.74) is 0. The maximum absolute atomic E-state index is 11.9. The van der Waals surface area contributed by atoms with Gasteiger partial charge in [-0.25, -0.2) is 0 Å². The van der Waals surface area contributed by atoms with Crippen LogP contribution in [-0.2, 0) is 4.79 Å². The van der Waals surface area contributed by atoms with E-state index in [1.807, 2.05) is 13.8 Å². The number of hydrogen-bond donors (Lipinski definition) is 2. The molecular weight excluding hydrogens is 246 g/mol. The molecule has 7 heteroatoms. The molecule has 0 spiro atoms. The average Bonchev–Trinajstić information content (AvgIpc) is 2.74. The van der Waals surface area contributed by atoms with E-state index in [0.717, 1.165) is 19.6 Å². The van der Waals surface area contributed by atoms with Gasteiger partial charge in [0.15, 0.2) is 0 Å².